The second kappa shape index (κ2) is 9.79. The summed E-state index contributed by atoms with van der Waals surface area (Å²) in [7, 11) is 0. The summed E-state index contributed by atoms with van der Waals surface area (Å²) in [5.41, 5.74) is 0.245. The predicted octanol–water partition coefficient (Wildman–Crippen LogP) is 6.62. The fourth-order valence-electron chi connectivity index (χ4n) is 4.53. The second-order valence-corrected chi connectivity index (χ2v) is 9.07. The molecule has 0 amide bonds. The van der Waals surface area contributed by atoms with Gasteiger partial charge in [0.15, 0.2) is 23.7 Å². The van der Waals surface area contributed by atoms with E-state index in [4.69, 9.17) is 14.2 Å². The van der Waals surface area contributed by atoms with E-state index >= 15 is 0 Å². The quantitative estimate of drug-likeness (QED) is 0.477. The highest BCUT2D eigenvalue weighted by molar-refractivity contribution is 5.33. The smallest absolute Gasteiger partial charge is 0.191 e. The van der Waals surface area contributed by atoms with Gasteiger partial charge in [-0.25, -0.2) is 17.6 Å². The molecule has 1 aliphatic heterocycles. The monoisotopic (exact) mass is 452 g/mol. The lowest BCUT2D eigenvalue weighted by atomic mass is 9.76. The molecule has 2 fully saturated rings. The number of rotatable bonds is 5. The van der Waals surface area contributed by atoms with Gasteiger partial charge in [0, 0.05) is 17.0 Å². The molecule has 32 heavy (non-hydrogen) atoms. The first kappa shape index (κ1) is 23.1. The summed E-state index contributed by atoms with van der Waals surface area (Å²) in [5.74, 6) is -2.33. The van der Waals surface area contributed by atoms with Crippen LogP contribution < -0.4 is 4.74 Å². The van der Waals surface area contributed by atoms with Crippen molar-refractivity contribution < 1.29 is 31.8 Å². The topological polar surface area (TPSA) is 27.7 Å². The molecule has 1 saturated heterocycles. The number of ether oxygens (including phenoxy) is 3. The van der Waals surface area contributed by atoms with Gasteiger partial charge in [-0.2, -0.15) is 0 Å². The minimum atomic E-state index is -0.927. The highest BCUT2D eigenvalue weighted by Crippen LogP contribution is 2.38. The lowest BCUT2D eigenvalue weighted by Crippen LogP contribution is -2.34. The first-order valence-corrected chi connectivity index (χ1v) is 11.1. The number of hydrogen-bond acceptors (Lipinski definition) is 3. The molecule has 1 heterocycles. The average Bonchev–Trinajstić information content (AvgIpc) is 2.77. The maximum Gasteiger partial charge on any atom is 0.191 e. The highest BCUT2D eigenvalue weighted by Gasteiger charge is 2.32. The van der Waals surface area contributed by atoms with Crippen molar-refractivity contribution in [1.29, 1.82) is 0 Å². The van der Waals surface area contributed by atoms with Gasteiger partial charge in [-0.1, -0.05) is 19.8 Å². The van der Waals surface area contributed by atoms with Crippen molar-refractivity contribution in [2.24, 2.45) is 17.8 Å². The van der Waals surface area contributed by atoms with Gasteiger partial charge < -0.3 is 14.2 Å². The Kier molecular flexibility index (Phi) is 7.05. The Bertz CT molecular complexity index is 902. The van der Waals surface area contributed by atoms with Crippen molar-refractivity contribution in [3.05, 3.63) is 64.2 Å². The van der Waals surface area contributed by atoms with E-state index in [1.807, 2.05) is 0 Å². The van der Waals surface area contributed by atoms with Crippen molar-refractivity contribution in [2.75, 3.05) is 13.2 Å². The van der Waals surface area contributed by atoms with Crippen LogP contribution in [-0.4, -0.2) is 13.2 Å². The molecule has 2 aromatic carbocycles. The summed E-state index contributed by atoms with van der Waals surface area (Å²) < 4.78 is 73.3. The van der Waals surface area contributed by atoms with Crippen LogP contribution in [0.2, 0.25) is 0 Å². The third-order valence-electron chi connectivity index (χ3n) is 6.67. The van der Waals surface area contributed by atoms with Crippen molar-refractivity contribution in [1.82, 2.24) is 0 Å². The zero-order chi connectivity index (χ0) is 22.8. The van der Waals surface area contributed by atoms with E-state index in [1.54, 1.807) is 0 Å². The van der Waals surface area contributed by atoms with Gasteiger partial charge in [-0.3, -0.25) is 0 Å². The Morgan fingerprint density at radius 1 is 0.812 bits per heavy atom. The molecule has 0 unspecified atom stereocenters. The Balaban J connectivity index is 1.38. The lowest BCUT2D eigenvalue weighted by Gasteiger charge is -2.37. The second-order valence-electron chi connectivity index (χ2n) is 9.07. The molecule has 0 N–H and O–H groups in total. The van der Waals surface area contributed by atoms with Crippen LogP contribution in [-0.2, 0) is 16.1 Å². The molecular formula is C25H28F4O3. The predicted molar refractivity (Wildman–Crippen MR) is 111 cm³/mol. The molecular weight excluding hydrogens is 424 g/mol. The van der Waals surface area contributed by atoms with Gasteiger partial charge in [0.1, 0.15) is 18.2 Å². The molecule has 174 valence electrons. The Morgan fingerprint density at radius 3 is 1.94 bits per heavy atom. The van der Waals surface area contributed by atoms with Crippen LogP contribution in [0.15, 0.2) is 24.3 Å². The SMILES string of the molecule is Cc1c(F)cc(COc2c(F)cc(C3OCC(C4CCC(C)CC4)CO3)cc2F)cc1F. The summed E-state index contributed by atoms with van der Waals surface area (Å²) in [4.78, 5) is 0. The van der Waals surface area contributed by atoms with Crippen molar-refractivity contribution in [3.63, 3.8) is 0 Å². The summed E-state index contributed by atoms with van der Waals surface area (Å²) in [6.07, 6.45) is 3.90. The van der Waals surface area contributed by atoms with E-state index in [9.17, 15) is 17.6 Å². The molecule has 2 aromatic rings. The number of halogens is 4. The first-order valence-electron chi connectivity index (χ1n) is 11.1. The van der Waals surface area contributed by atoms with Crippen LogP contribution >= 0.6 is 0 Å². The van der Waals surface area contributed by atoms with E-state index in [0.717, 1.165) is 43.0 Å². The molecule has 0 radical (unpaired) electrons. The third-order valence-corrected chi connectivity index (χ3v) is 6.67. The van der Waals surface area contributed by atoms with Gasteiger partial charge in [-0.05, 0) is 61.4 Å². The highest BCUT2D eigenvalue weighted by atomic mass is 19.1. The van der Waals surface area contributed by atoms with Crippen LogP contribution in [0.25, 0.3) is 0 Å². The molecule has 0 atom stereocenters. The van der Waals surface area contributed by atoms with E-state index in [2.05, 4.69) is 6.92 Å². The van der Waals surface area contributed by atoms with Gasteiger partial charge >= 0.3 is 0 Å². The van der Waals surface area contributed by atoms with Gasteiger partial charge in [0.2, 0.25) is 0 Å². The van der Waals surface area contributed by atoms with Crippen LogP contribution in [0.4, 0.5) is 17.6 Å². The molecule has 7 heteroatoms. The fourth-order valence-corrected chi connectivity index (χ4v) is 4.53. The maximum atomic E-state index is 14.6. The normalized spacial score (nSPS) is 26.2. The van der Waals surface area contributed by atoms with Gasteiger partial charge in [0.25, 0.3) is 0 Å². The van der Waals surface area contributed by atoms with Crippen molar-refractivity contribution in [3.8, 4) is 5.75 Å². The minimum absolute atomic E-state index is 0.122. The summed E-state index contributed by atoms with van der Waals surface area (Å²) in [6, 6.07) is 4.38. The zero-order valence-corrected chi connectivity index (χ0v) is 18.3. The van der Waals surface area contributed by atoms with Crippen LogP contribution in [0, 0.1) is 47.9 Å². The van der Waals surface area contributed by atoms with Crippen LogP contribution in [0.1, 0.15) is 55.6 Å². The Labute approximate surface area is 185 Å². The van der Waals surface area contributed by atoms with E-state index in [-0.39, 0.29) is 23.3 Å². The third kappa shape index (κ3) is 5.09. The number of hydrogen-bond donors (Lipinski definition) is 0. The zero-order valence-electron chi connectivity index (χ0n) is 18.3. The lowest BCUT2D eigenvalue weighted by molar-refractivity contribution is -0.214. The standard InChI is InChI=1S/C25H28F4O3/c1-14-3-5-17(6-4-14)19-12-31-25(32-13-19)18-9-22(28)24(23(29)10-18)30-11-16-7-20(26)15(2)21(27)8-16/h7-10,14,17,19,25H,3-6,11-13H2,1-2H3. The molecule has 0 bridgehead atoms. The number of benzene rings is 2. The van der Waals surface area contributed by atoms with Crippen molar-refractivity contribution in [2.45, 2.75) is 52.4 Å². The summed E-state index contributed by atoms with van der Waals surface area (Å²) >= 11 is 0. The average molecular weight is 452 g/mol. The molecule has 3 nitrogen and oxygen atoms in total. The fraction of sp³-hybridized carbons (Fsp3) is 0.520. The Hall–Kier alpha value is -2.12. The summed E-state index contributed by atoms with van der Waals surface area (Å²) in [5, 5.41) is 0. The Morgan fingerprint density at radius 2 is 1.38 bits per heavy atom. The molecule has 2 aliphatic rings. The molecule has 1 saturated carbocycles. The summed E-state index contributed by atoms with van der Waals surface area (Å²) in [6.45, 7) is 4.19. The largest absolute Gasteiger partial charge is 0.483 e. The minimum Gasteiger partial charge on any atom is -0.483 e. The molecule has 0 spiro atoms. The van der Waals surface area contributed by atoms with E-state index in [1.165, 1.54) is 19.8 Å². The van der Waals surface area contributed by atoms with Gasteiger partial charge in [-0.15, -0.1) is 0 Å². The van der Waals surface area contributed by atoms with E-state index in [0.29, 0.717) is 25.0 Å². The maximum absolute atomic E-state index is 14.6. The van der Waals surface area contributed by atoms with Crippen LogP contribution in [0.3, 0.4) is 0 Å². The van der Waals surface area contributed by atoms with Crippen molar-refractivity contribution >= 4 is 0 Å². The molecule has 1 aliphatic carbocycles. The first-order chi connectivity index (χ1) is 15.3. The molecule has 4 rings (SSSR count). The van der Waals surface area contributed by atoms with E-state index < -0.39 is 35.3 Å². The van der Waals surface area contributed by atoms with Gasteiger partial charge in [0.05, 0.1) is 13.2 Å². The molecule has 0 aromatic heterocycles. The van der Waals surface area contributed by atoms with Crippen LogP contribution in [0.5, 0.6) is 5.75 Å².